The lowest BCUT2D eigenvalue weighted by Gasteiger charge is -2.26. The smallest absolute Gasteiger partial charge is 0.0380 e. The van der Waals surface area contributed by atoms with E-state index in [9.17, 15) is 0 Å². The molecule has 1 aromatic rings. The minimum Gasteiger partial charge on any atom is -0.398 e. The van der Waals surface area contributed by atoms with Gasteiger partial charge in [-0.3, -0.25) is 4.98 Å². The molecule has 1 saturated carbocycles. The van der Waals surface area contributed by atoms with Gasteiger partial charge in [0, 0.05) is 24.1 Å². The summed E-state index contributed by atoms with van der Waals surface area (Å²) in [6.45, 7) is 0. The van der Waals surface area contributed by atoms with Gasteiger partial charge in [0.1, 0.15) is 0 Å². The fourth-order valence-electron chi connectivity index (χ4n) is 2.19. The summed E-state index contributed by atoms with van der Waals surface area (Å²) in [5.74, 6) is 0.573. The second kappa shape index (κ2) is 3.96. The van der Waals surface area contributed by atoms with E-state index in [1.54, 1.807) is 6.20 Å². The Morgan fingerprint density at radius 3 is 2.57 bits per heavy atom. The Balaban J connectivity index is 2.12. The van der Waals surface area contributed by atoms with Crippen molar-refractivity contribution in [2.45, 2.75) is 37.6 Å². The number of nitrogens with two attached hydrogens (primary N) is 2. The number of nitrogens with zero attached hydrogens (tertiary/aromatic N) is 1. The maximum Gasteiger partial charge on any atom is 0.0380 e. The number of nitrogen functional groups attached to an aromatic ring is 1. The van der Waals surface area contributed by atoms with Crippen LogP contribution in [0.1, 0.15) is 37.2 Å². The zero-order valence-electron chi connectivity index (χ0n) is 8.32. The van der Waals surface area contributed by atoms with E-state index in [-0.39, 0.29) is 0 Å². The normalized spacial score (nSPS) is 27.5. The Kier molecular flexibility index (Phi) is 2.68. The van der Waals surface area contributed by atoms with Gasteiger partial charge in [-0.1, -0.05) is 0 Å². The molecule has 1 aliphatic carbocycles. The van der Waals surface area contributed by atoms with Crippen LogP contribution in [0.25, 0.3) is 0 Å². The summed E-state index contributed by atoms with van der Waals surface area (Å²) in [6, 6.07) is 2.27. The molecule has 14 heavy (non-hydrogen) atoms. The van der Waals surface area contributed by atoms with E-state index in [0.717, 1.165) is 31.4 Å². The highest BCUT2D eigenvalue weighted by atomic mass is 14.7. The van der Waals surface area contributed by atoms with Gasteiger partial charge in [-0.05, 0) is 43.2 Å². The zero-order valence-corrected chi connectivity index (χ0v) is 8.32. The van der Waals surface area contributed by atoms with Gasteiger partial charge in [0.05, 0.1) is 0 Å². The number of aromatic nitrogens is 1. The van der Waals surface area contributed by atoms with Crippen molar-refractivity contribution in [2.24, 2.45) is 5.73 Å². The van der Waals surface area contributed by atoms with E-state index in [4.69, 9.17) is 11.5 Å². The molecule has 0 amide bonds. The van der Waals surface area contributed by atoms with Gasteiger partial charge in [0.2, 0.25) is 0 Å². The molecule has 0 radical (unpaired) electrons. The molecular weight excluding hydrogens is 174 g/mol. The molecule has 1 heterocycles. The maximum atomic E-state index is 5.91. The van der Waals surface area contributed by atoms with Gasteiger partial charge in [0.15, 0.2) is 0 Å². The van der Waals surface area contributed by atoms with E-state index in [1.165, 1.54) is 5.56 Å². The second-order valence-electron chi connectivity index (χ2n) is 4.12. The molecule has 3 heteroatoms. The molecule has 0 aromatic carbocycles. The summed E-state index contributed by atoms with van der Waals surface area (Å²) >= 11 is 0. The fraction of sp³-hybridized carbons (Fsp3) is 0.545. The quantitative estimate of drug-likeness (QED) is 0.709. The van der Waals surface area contributed by atoms with Crippen molar-refractivity contribution in [3.63, 3.8) is 0 Å². The van der Waals surface area contributed by atoms with Gasteiger partial charge in [-0.15, -0.1) is 0 Å². The van der Waals surface area contributed by atoms with E-state index in [1.807, 2.05) is 12.3 Å². The van der Waals surface area contributed by atoms with Crippen LogP contribution in [0.4, 0.5) is 5.69 Å². The molecule has 4 N–H and O–H groups in total. The van der Waals surface area contributed by atoms with Gasteiger partial charge in [-0.2, -0.15) is 0 Å². The monoisotopic (exact) mass is 191 g/mol. The van der Waals surface area contributed by atoms with Crippen LogP contribution in [0.5, 0.6) is 0 Å². The predicted molar refractivity (Wildman–Crippen MR) is 57.8 cm³/mol. The molecule has 0 bridgehead atoms. The molecule has 76 valence electrons. The van der Waals surface area contributed by atoms with Gasteiger partial charge in [-0.25, -0.2) is 0 Å². The SMILES string of the molecule is Nc1ccncc1C1CCC(N)CC1. The second-order valence-corrected chi connectivity index (χ2v) is 4.12. The van der Waals surface area contributed by atoms with E-state index >= 15 is 0 Å². The third-order valence-corrected chi connectivity index (χ3v) is 3.10. The average molecular weight is 191 g/mol. The molecule has 2 rings (SSSR count). The van der Waals surface area contributed by atoms with Gasteiger partial charge >= 0.3 is 0 Å². The minimum absolute atomic E-state index is 0.393. The van der Waals surface area contributed by atoms with Crippen molar-refractivity contribution in [2.75, 3.05) is 5.73 Å². The fourth-order valence-corrected chi connectivity index (χ4v) is 2.19. The molecule has 0 unspecified atom stereocenters. The van der Waals surface area contributed by atoms with E-state index < -0.39 is 0 Å². The molecule has 0 atom stereocenters. The zero-order chi connectivity index (χ0) is 9.97. The Bertz CT molecular complexity index is 303. The summed E-state index contributed by atoms with van der Waals surface area (Å²) in [7, 11) is 0. The number of rotatable bonds is 1. The molecule has 0 saturated heterocycles. The third kappa shape index (κ3) is 1.87. The first-order chi connectivity index (χ1) is 6.77. The number of hydrogen-bond donors (Lipinski definition) is 2. The third-order valence-electron chi connectivity index (χ3n) is 3.10. The molecule has 0 spiro atoms. The van der Waals surface area contributed by atoms with Crippen LogP contribution in [0.3, 0.4) is 0 Å². The molecule has 1 fully saturated rings. The highest BCUT2D eigenvalue weighted by Crippen LogP contribution is 2.34. The number of hydrogen-bond acceptors (Lipinski definition) is 3. The molecule has 0 aliphatic heterocycles. The van der Waals surface area contributed by atoms with Crippen LogP contribution in [0, 0.1) is 0 Å². The van der Waals surface area contributed by atoms with Crippen molar-refractivity contribution in [1.29, 1.82) is 0 Å². The summed E-state index contributed by atoms with van der Waals surface area (Å²) in [4.78, 5) is 4.13. The molecular formula is C11H17N3. The van der Waals surface area contributed by atoms with Crippen molar-refractivity contribution in [3.8, 4) is 0 Å². The Morgan fingerprint density at radius 1 is 1.21 bits per heavy atom. The summed E-state index contributed by atoms with van der Waals surface area (Å²) in [5, 5.41) is 0. The van der Waals surface area contributed by atoms with E-state index in [0.29, 0.717) is 12.0 Å². The number of pyridine rings is 1. The topological polar surface area (TPSA) is 64.9 Å². The summed E-state index contributed by atoms with van der Waals surface area (Å²) < 4.78 is 0. The highest BCUT2D eigenvalue weighted by Gasteiger charge is 2.21. The van der Waals surface area contributed by atoms with Crippen LogP contribution in [0.2, 0.25) is 0 Å². The minimum atomic E-state index is 0.393. The van der Waals surface area contributed by atoms with Crippen LogP contribution in [-0.2, 0) is 0 Å². The maximum absolute atomic E-state index is 5.91. The Labute approximate surface area is 84.5 Å². The number of anilines is 1. The highest BCUT2D eigenvalue weighted by molar-refractivity contribution is 5.46. The van der Waals surface area contributed by atoms with Crippen molar-refractivity contribution >= 4 is 5.69 Å². The summed E-state index contributed by atoms with van der Waals surface area (Å²) in [6.07, 6.45) is 8.16. The molecule has 1 aromatic heterocycles. The van der Waals surface area contributed by atoms with Crippen molar-refractivity contribution in [3.05, 3.63) is 24.0 Å². The van der Waals surface area contributed by atoms with Crippen LogP contribution < -0.4 is 11.5 Å². The van der Waals surface area contributed by atoms with Gasteiger partial charge < -0.3 is 11.5 Å². The first-order valence-corrected chi connectivity index (χ1v) is 5.22. The van der Waals surface area contributed by atoms with E-state index in [2.05, 4.69) is 4.98 Å². The first kappa shape index (κ1) is 9.46. The van der Waals surface area contributed by atoms with Crippen molar-refractivity contribution in [1.82, 2.24) is 4.98 Å². The van der Waals surface area contributed by atoms with Crippen molar-refractivity contribution < 1.29 is 0 Å². The van der Waals surface area contributed by atoms with Gasteiger partial charge in [0.25, 0.3) is 0 Å². The molecule has 1 aliphatic rings. The standard InChI is InChI=1S/C11H17N3/c12-9-3-1-8(2-4-9)10-7-14-6-5-11(10)13/h5-9H,1-4,12H2,(H2,13,14). The Hall–Kier alpha value is -1.09. The van der Waals surface area contributed by atoms with Crippen LogP contribution in [-0.4, -0.2) is 11.0 Å². The first-order valence-electron chi connectivity index (χ1n) is 5.22. The molecule has 3 nitrogen and oxygen atoms in total. The average Bonchev–Trinajstić information content (AvgIpc) is 2.20. The predicted octanol–water partition coefficient (Wildman–Crippen LogP) is 1.65. The lowest BCUT2D eigenvalue weighted by molar-refractivity contribution is 0.396. The Morgan fingerprint density at radius 2 is 1.93 bits per heavy atom. The van der Waals surface area contributed by atoms with Crippen LogP contribution in [0.15, 0.2) is 18.5 Å². The largest absolute Gasteiger partial charge is 0.398 e. The van der Waals surface area contributed by atoms with Crippen LogP contribution >= 0.6 is 0 Å². The lowest BCUT2D eigenvalue weighted by atomic mass is 9.82. The summed E-state index contributed by atoms with van der Waals surface area (Å²) in [5.41, 5.74) is 13.9. The lowest BCUT2D eigenvalue weighted by Crippen LogP contribution is -2.26.